The number of aliphatic hydroxyl groups is 2. The Morgan fingerprint density at radius 2 is 0.644 bits per heavy atom. The molecule has 0 fully saturated rings. The molecule has 0 aliphatic rings. The van der Waals surface area contributed by atoms with E-state index in [1.54, 1.807) is 0 Å². The van der Waals surface area contributed by atoms with Gasteiger partial charge < -0.3 is 20.3 Å². The molecule has 0 rings (SSSR count). The van der Waals surface area contributed by atoms with Gasteiger partial charge in [-0.1, -0.05) is 301 Å². The second-order valence-corrected chi connectivity index (χ2v) is 22.8. The largest absolute Gasteiger partial charge is 0.466 e. The second kappa shape index (κ2) is 62.9. The molecule has 1 amide bonds. The maximum Gasteiger partial charge on any atom is 0.305 e. The van der Waals surface area contributed by atoms with E-state index in [0.29, 0.717) is 25.9 Å². The zero-order valence-corrected chi connectivity index (χ0v) is 49.4. The molecular weight excluding hydrogens is 899 g/mol. The van der Waals surface area contributed by atoms with Gasteiger partial charge in [-0.05, 0) is 77.0 Å². The lowest BCUT2D eigenvalue weighted by molar-refractivity contribution is -0.143. The van der Waals surface area contributed by atoms with Crippen molar-refractivity contribution in [3.63, 3.8) is 0 Å². The summed E-state index contributed by atoms with van der Waals surface area (Å²) in [5, 5.41) is 23.4. The molecule has 0 radical (unpaired) electrons. The van der Waals surface area contributed by atoms with Gasteiger partial charge in [0.25, 0.3) is 0 Å². The number of ether oxygens (including phenoxy) is 1. The first-order chi connectivity index (χ1) is 36.0. The number of rotatable bonds is 62. The summed E-state index contributed by atoms with van der Waals surface area (Å²) in [4.78, 5) is 24.5. The molecule has 0 aromatic heterocycles. The van der Waals surface area contributed by atoms with Crippen LogP contribution in [0.2, 0.25) is 0 Å². The third-order valence-corrected chi connectivity index (χ3v) is 15.5. The molecule has 432 valence electrons. The summed E-state index contributed by atoms with van der Waals surface area (Å²) in [7, 11) is 0. The van der Waals surface area contributed by atoms with Gasteiger partial charge in [-0.2, -0.15) is 0 Å². The van der Waals surface area contributed by atoms with Crippen LogP contribution in [0.25, 0.3) is 0 Å². The van der Waals surface area contributed by atoms with Crippen molar-refractivity contribution < 1.29 is 24.5 Å². The van der Waals surface area contributed by atoms with E-state index in [2.05, 4.69) is 43.5 Å². The van der Waals surface area contributed by atoms with Crippen LogP contribution in [0.3, 0.4) is 0 Å². The Balaban J connectivity index is 3.40. The average Bonchev–Trinajstić information content (AvgIpc) is 3.39. The fourth-order valence-electron chi connectivity index (χ4n) is 10.4. The monoisotopic (exact) mass is 1030 g/mol. The van der Waals surface area contributed by atoms with Gasteiger partial charge in [-0.25, -0.2) is 0 Å². The molecule has 0 heterocycles. The van der Waals surface area contributed by atoms with Crippen LogP contribution in [0.1, 0.15) is 367 Å². The number of carbonyl (C=O) groups excluding carboxylic acids is 2. The van der Waals surface area contributed by atoms with Crippen molar-refractivity contribution >= 4 is 11.9 Å². The van der Waals surface area contributed by atoms with E-state index in [0.717, 1.165) is 44.9 Å². The molecule has 3 N–H and O–H groups in total. The second-order valence-electron chi connectivity index (χ2n) is 22.8. The van der Waals surface area contributed by atoms with Crippen molar-refractivity contribution in [1.82, 2.24) is 5.32 Å². The number of nitrogens with one attached hydrogen (secondary N) is 1. The van der Waals surface area contributed by atoms with Gasteiger partial charge in [0.05, 0.1) is 25.4 Å². The average molecular weight is 1030 g/mol. The lowest BCUT2D eigenvalue weighted by Crippen LogP contribution is -2.45. The van der Waals surface area contributed by atoms with Crippen molar-refractivity contribution in [2.45, 2.75) is 379 Å². The molecule has 2 atom stereocenters. The van der Waals surface area contributed by atoms with E-state index in [-0.39, 0.29) is 18.5 Å². The SMILES string of the molecule is CCCCCC/C=C\CCCCCCCC(=O)OCCCCCCCCCCCCCC/C=C\CCCCCCCCCCCC(=O)NC(CO)C(O)CCCCCCCCCCCCCCCCCCCC. The summed E-state index contributed by atoms with van der Waals surface area (Å²) in [5.74, 6) is -0.0302. The fourth-order valence-corrected chi connectivity index (χ4v) is 10.4. The maximum absolute atomic E-state index is 12.5. The van der Waals surface area contributed by atoms with E-state index in [4.69, 9.17) is 4.74 Å². The van der Waals surface area contributed by atoms with Crippen molar-refractivity contribution in [3.05, 3.63) is 24.3 Å². The van der Waals surface area contributed by atoms with E-state index in [1.807, 2.05) is 0 Å². The minimum atomic E-state index is -0.666. The fraction of sp³-hybridized carbons (Fsp3) is 0.910. The Labute approximate surface area is 456 Å². The highest BCUT2D eigenvalue weighted by Gasteiger charge is 2.20. The van der Waals surface area contributed by atoms with Gasteiger partial charge in [0.1, 0.15) is 0 Å². The normalized spacial score (nSPS) is 12.7. The summed E-state index contributed by atoms with van der Waals surface area (Å²) in [6, 6.07) is -0.544. The molecule has 0 saturated carbocycles. The highest BCUT2D eigenvalue weighted by Crippen LogP contribution is 2.18. The molecule has 0 aliphatic heterocycles. The Bertz CT molecular complexity index is 1140. The van der Waals surface area contributed by atoms with Gasteiger partial charge in [-0.3, -0.25) is 9.59 Å². The van der Waals surface area contributed by atoms with Crippen LogP contribution in [0.4, 0.5) is 0 Å². The van der Waals surface area contributed by atoms with Crippen molar-refractivity contribution in [2.24, 2.45) is 0 Å². The molecule has 2 unspecified atom stereocenters. The zero-order chi connectivity index (χ0) is 52.9. The first-order valence-electron chi connectivity index (χ1n) is 33.1. The van der Waals surface area contributed by atoms with Gasteiger partial charge in [0.2, 0.25) is 5.91 Å². The highest BCUT2D eigenvalue weighted by molar-refractivity contribution is 5.76. The Morgan fingerprint density at radius 3 is 0.986 bits per heavy atom. The molecular formula is C67H129NO5. The summed E-state index contributed by atoms with van der Waals surface area (Å²) in [6.45, 7) is 4.96. The number of carbonyl (C=O) groups is 2. The number of amides is 1. The van der Waals surface area contributed by atoms with Crippen molar-refractivity contribution in [2.75, 3.05) is 13.2 Å². The molecule has 73 heavy (non-hydrogen) atoms. The molecule has 0 bridgehead atoms. The van der Waals surface area contributed by atoms with Crippen LogP contribution >= 0.6 is 0 Å². The van der Waals surface area contributed by atoms with E-state index >= 15 is 0 Å². The number of aliphatic hydroxyl groups excluding tert-OH is 2. The van der Waals surface area contributed by atoms with E-state index in [1.165, 1.54) is 289 Å². The smallest absolute Gasteiger partial charge is 0.305 e. The maximum atomic E-state index is 12.5. The summed E-state index contributed by atoms with van der Waals surface area (Å²) in [6.07, 6.45) is 77.7. The van der Waals surface area contributed by atoms with E-state index < -0.39 is 12.1 Å². The number of hydrogen-bond donors (Lipinski definition) is 3. The number of esters is 1. The molecule has 0 saturated heterocycles. The minimum absolute atomic E-state index is 0.00472. The number of hydrogen-bond acceptors (Lipinski definition) is 5. The lowest BCUT2D eigenvalue weighted by Gasteiger charge is -2.22. The number of allylic oxidation sites excluding steroid dienone is 4. The molecule has 6 nitrogen and oxygen atoms in total. The molecule has 6 heteroatoms. The highest BCUT2D eigenvalue weighted by atomic mass is 16.5. The third kappa shape index (κ3) is 59.4. The van der Waals surface area contributed by atoms with Gasteiger partial charge >= 0.3 is 5.97 Å². The van der Waals surface area contributed by atoms with Crippen LogP contribution in [0.5, 0.6) is 0 Å². The van der Waals surface area contributed by atoms with Crippen LogP contribution in [-0.2, 0) is 14.3 Å². The molecule has 0 aromatic rings. The molecule has 0 aromatic carbocycles. The standard InChI is InChI=1S/C67H129NO5/c1-3-5-7-9-11-13-15-17-18-19-29-32-36-39-43-47-51-55-59-65(70)64(63-69)68-66(71)60-56-52-48-44-40-37-33-30-27-25-23-21-20-22-24-26-28-31-34-38-42-46-50-54-58-62-73-67(72)61-57-53-49-45-41-35-16-14-12-10-8-6-4-2/h14,16,21,23,64-65,69-70H,3-13,15,17-20,22,24-63H2,1-2H3,(H,68,71)/b16-14-,23-21-. The summed E-state index contributed by atoms with van der Waals surface area (Å²) < 4.78 is 5.47. The first kappa shape index (κ1) is 71.3. The van der Waals surface area contributed by atoms with Crippen LogP contribution in [0.15, 0.2) is 24.3 Å². The zero-order valence-electron chi connectivity index (χ0n) is 49.4. The number of unbranched alkanes of at least 4 members (excludes halogenated alkanes) is 47. The topological polar surface area (TPSA) is 95.9 Å². The predicted molar refractivity (Wildman–Crippen MR) is 320 cm³/mol. The predicted octanol–water partition coefficient (Wildman–Crippen LogP) is 21.0. The van der Waals surface area contributed by atoms with Crippen molar-refractivity contribution in [3.8, 4) is 0 Å². The molecule has 0 aliphatic carbocycles. The van der Waals surface area contributed by atoms with Crippen LogP contribution in [0, 0.1) is 0 Å². The Morgan fingerprint density at radius 1 is 0.370 bits per heavy atom. The van der Waals surface area contributed by atoms with Crippen molar-refractivity contribution in [1.29, 1.82) is 0 Å². The van der Waals surface area contributed by atoms with E-state index in [9.17, 15) is 19.8 Å². The Hall–Kier alpha value is -1.66. The van der Waals surface area contributed by atoms with Gasteiger partial charge in [-0.15, -0.1) is 0 Å². The minimum Gasteiger partial charge on any atom is -0.466 e. The van der Waals surface area contributed by atoms with Crippen LogP contribution < -0.4 is 5.32 Å². The lowest BCUT2D eigenvalue weighted by atomic mass is 10.0. The van der Waals surface area contributed by atoms with Gasteiger partial charge in [0.15, 0.2) is 0 Å². The quantitative estimate of drug-likeness (QED) is 0.0320. The van der Waals surface area contributed by atoms with Gasteiger partial charge in [0, 0.05) is 12.8 Å². The summed E-state index contributed by atoms with van der Waals surface area (Å²) in [5.41, 5.74) is 0. The third-order valence-electron chi connectivity index (χ3n) is 15.5. The summed E-state index contributed by atoms with van der Waals surface area (Å²) >= 11 is 0. The first-order valence-corrected chi connectivity index (χ1v) is 33.1. The Kier molecular flexibility index (Phi) is 61.4. The molecule has 0 spiro atoms. The van der Waals surface area contributed by atoms with Crippen LogP contribution in [-0.4, -0.2) is 47.4 Å².